The van der Waals surface area contributed by atoms with E-state index in [0.717, 1.165) is 102 Å². The Morgan fingerprint density at radius 3 is 0.660 bits per heavy atom. The molecule has 0 aliphatic carbocycles. The zero-order valence-corrected chi connectivity index (χ0v) is 69.4. The van der Waals surface area contributed by atoms with Gasteiger partial charge >= 0.3 is 39.5 Å². The third kappa shape index (κ3) is 78.0. The molecule has 3 N–H and O–H groups in total. The molecule has 0 amide bonds. The van der Waals surface area contributed by atoms with Crippen LogP contribution in [0.5, 0.6) is 0 Å². The highest BCUT2D eigenvalue weighted by Gasteiger charge is 2.30. The fourth-order valence-corrected chi connectivity index (χ4v) is 14.6. The summed E-state index contributed by atoms with van der Waals surface area (Å²) in [5, 5.41) is 10.7. The number of aliphatic hydroxyl groups excluding tert-OH is 1. The molecule has 0 rings (SSSR count). The molecule has 0 bridgehead atoms. The maximum atomic E-state index is 13.1. The monoisotopic (exact) mass is 1510 g/mol. The number of phosphoric ester groups is 2. The fraction of sp³-hybridized carbons (Fsp3) is 0.952. The van der Waals surface area contributed by atoms with E-state index in [0.29, 0.717) is 25.7 Å². The lowest BCUT2D eigenvalue weighted by molar-refractivity contribution is -0.161. The maximum Gasteiger partial charge on any atom is 0.472 e. The number of esters is 4. The van der Waals surface area contributed by atoms with Crippen molar-refractivity contribution in [2.24, 2.45) is 11.8 Å². The molecule has 0 fully saturated rings. The lowest BCUT2D eigenvalue weighted by atomic mass is 10.0. The standard InChI is InChI=1S/C84H164O17P2/c1-7-9-11-13-15-17-19-21-22-23-24-25-26-27-28-34-38-44-51-57-63-69-84(89)100-79(72-94-81(86)66-60-54-48-42-36-33-30-29-32-35-40-46-52-58-64-76(3)4)74-98-102(90,91)96-70-78(85)71-97-103(92,93)99-75-80(73-95-82(87)67-61-55-49-45-39-41-47-53-59-65-77(5)6)101-83(88)68-62-56-50-43-37-31-20-18-16-14-12-10-8-2/h76-80,85H,7-75H2,1-6H3,(H,90,91)(H,92,93)/t78-,79-,80-/m1/s1. The molecule has 0 aromatic heterocycles. The molecule has 17 nitrogen and oxygen atoms in total. The minimum atomic E-state index is -4.96. The smallest absolute Gasteiger partial charge is 0.462 e. The second-order valence-corrected chi connectivity index (χ2v) is 34.1. The highest BCUT2D eigenvalue weighted by Crippen LogP contribution is 2.45. The third-order valence-corrected chi connectivity index (χ3v) is 21.6. The molecule has 0 saturated heterocycles. The Labute approximate surface area is 632 Å². The molecule has 103 heavy (non-hydrogen) atoms. The Hall–Kier alpha value is -1.94. The van der Waals surface area contributed by atoms with Gasteiger partial charge in [0.15, 0.2) is 12.2 Å². The minimum absolute atomic E-state index is 0.108. The summed E-state index contributed by atoms with van der Waals surface area (Å²) in [6, 6.07) is 0. The van der Waals surface area contributed by atoms with Crippen molar-refractivity contribution in [2.45, 2.75) is 464 Å². The average Bonchev–Trinajstić information content (AvgIpc) is 0.921. The molecule has 0 heterocycles. The van der Waals surface area contributed by atoms with Crippen molar-refractivity contribution in [1.82, 2.24) is 0 Å². The molecule has 0 aliphatic heterocycles. The predicted molar refractivity (Wildman–Crippen MR) is 423 cm³/mol. The zero-order valence-electron chi connectivity index (χ0n) is 67.6. The van der Waals surface area contributed by atoms with Crippen LogP contribution in [0.25, 0.3) is 0 Å². The number of rotatable bonds is 83. The predicted octanol–water partition coefficient (Wildman–Crippen LogP) is 25.5. The quantitative estimate of drug-likeness (QED) is 0.0222. The summed E-state index contributed by atoms with van der Waals surface area (Å²) in [6.07, 6.45) is 66.6. The summed E-state index contributed by atoms with van der Waals surface area (Å²) < 4.78 is 68.8. The van der Waals surface area contributed by atoms with Crippen molar-refractivity contribution in [3.8, 4) is 0 Å². The largest absolute Gasteiger partial charge is 0.472 e. The van der Waals surface area contributed by atoms with E-state index in [1.54, 1.807) is 0 Å². The SMILES string of the molecule is CCCCCCCCCCCCCCCCCCCCCCCC(=O)O[C@H](COC(=O)CCCCCCCCCCCCCCCCC(C)C)COP(=O)(O)OC[C@@H](O)COP(=O)(O)OC[C@@H](COC(=O)CCCCCCCCCCCC(C)C)OC(=O)CCCCCCCCCCCCCCC. The van der Waals surface area contributed by atoms with Gasteiger partial charge in [0.25, 0.3) is 0 Å². The van der Waals surface area contributed by atoms with E-state index in [4.69, 9.17) is 37.0 Å². The first-order chi connectivity index (χ1) is 49.9. The molecule has 0 aromatic carbocycles. The molecule has 0 aromatic rings. The van der Waals surface area contributed by atoms with Crippen molar-refractivity contribution in [3.63, 3.8) is 0 Å². The first kappa shape index (κ1) is 101. The summed E-state index contributed by atoms with van der Waals surface area (Å²) in [5.41, 5.74) is 0. The van der Waals surface area contributed by atoms with Gasteiger partial charge in [0.2, 0.25) is 0 Å². The molecule has 2 unspecified atom stereocenters. The first-order valence-corrected chi connectivity index (χ1v) is 46.5. The van der Waals surface area contributed by atoms with E-state index in [1.165, 1.54) is 263 Å². The van der Waals surface area contributed by atoms with Crippen molar-refractivity contribution in [1.29, 1.82) is 0 Å². The number of hydrogen-bond donors (Lipinski definition) is 3. The molecule has 0 aliphatic rings. The highest BCUT2D eigenvalue weighted by atomic mass is 31.2. The summed E-state index contributed by atoms with van der Waals surface area (Å²) in [7, 11) is -9.92. The van der Waals surface area contributed by atoms with Gasteiger partial charge in [-0.05, 0) is 37.5 Å². The topological polar surface area (TPSA) is 237 Å². The average molecular weight is 1510 g/mol. The molecular weight excluding hydrogens is 1340 g/mol. The summed E-state index contributed by atoms with van der Waals surface area (Å²) >= 11 is 0. The van der Waals surface area contributed by atoms with E-state index < -0.39 is 97.5 Å². The number of phosphoric acid groups is 2. The van der Waals surface area contributed by atoms with Gasteiger partial charge in [0.1, 0.15) is 19.3 Å². The van der Waals surface area contributed by atoms with Crippen LogP contribution in [-0.4, -0.2) is 96.7 Å². The second kappa shape index (κ2) is 75.5. The summed E-state index contributed by atoms with van der Waals surface area (Å²) in [6.45, 7) is 9.66. The van der Waals surface area contributed by atoms with Crippen molar-refractivity contribution < 1.29 is 80.2 Å². The normalized spacial score (nSPS) is 13.9. The Bertz CT molecular complexity index is 1980. The fourth-order valence-electron chi connectivity index (χ4n) is 13.1. The molecule has 0 radical (unpaired) electrons. The summed E-state index contributed by atoms with van der Waals surface area (Å²) in [5.74, 6) is -0.561. The molecule has 0 saturated carbocycles. The molecule has 19 heteroatoms. The van der Waals surface area contributed by atoms with Gasteiger partial charge in [0, 0.05) is 25.7 Å². The van der Waals surface area contributed by atoms with Crippen molar-refractivity contribution >= 4 is 39.5 Å². The van der Waals surface area contributed by atoms with E-state index in [9.17, 15) is 43.2 Å². The van der Waals surface area contributed by atoms with Gasteiger partial charge in [0.05, 0.1) is 26.4 Å². The van der Waals surface area contributed by atoms with Crippen LogP contribution in [0.4, 0.5) is 0 Å². The van der Waals surface area contributed by atoms with Crippen LogP contribution in [0.15, 0.2) is 0 Å². The molecular formula is C84H164O17P2. The molecule has 5 atom stereocenters. The van der Waals surface area contributed by atoms with Gasteiger partial charge in [-0.15, -0.1) is 0 Å². The minimum Gasteiger partial charge on any atom is -0.462 e. The van der Waals surface area contributed by atoms with Gasteiger partial charge < -0.3 is 33.8 Å². The third-order valence-electron chi connectivity index (χ3n) is 19.7. The number of carbonyl (C=O) groups excluding carboxylic acids is 4. The van der Waals surface area contributed by atoms with E-state index in [-0.39, 0.29) is 25.7 Å². The van der Waals surface area contributed by atoms with Crippen LogP contribution >= 0.6 is 15.6 Å². The Morgan fingerprint density at radius 1 is 0.262 bits per heavy atom. The van der Waals surface area contributed by atoms with Gasteiger partial charge in [-0.3, -0.25) is 37.3 Å². The Balaban J connectivity index is 5.24. The van der Waals surface area contributed by atoms with E-state index in [2.05, 4.69) is 41.5 Å². The van der Waals surface area contributed by atoms with Gasteiger partial charge in [-0.25, -0.2) is 9.13 Å². The number of unbranched alkanes of at least 4 members (excludes halogenated alkanes) is 53. The van der Waals surface area contributed by atoms with Crippen LogP contribution in [0.2, 0.25) is 0 Å². The molecule has 612 valence electrons. The van der Waals surface area contributed by atoms with Crippen molar-refractivity contribution in [2.75, 3.05) is 39.6 Å². The number of carbonyl (C=O) groups is 4. The van der Waals surface area contributed by atoms with E-state index in [1.807, 2.05) is 0 Å². The lowest BCUT2D eigenvalue weighted by Crippen LogP contribution is -2.30. The lowest BCUT2D eigenvalue weighted by Gasteiger charge is -2.21. The van der Waals surface area contributed by atoms with Crippen LogP contribution in [-0.2, 0) is 65.4 Å². The van der Waals surface area contributed by atoms with Gasteiger partial charge in [-0.1, -0.05) is 395 Å². The summed E-state index contributed by atoms with van der Waals surface area (Å²) in [4.78, 5) is 73.1. The van der Waals surface area contributed by atoms with Crippen molar-refractivity contribution in [3.05, 3.63) is 0 Å². The second-order valence-electron chi connectivity index (χ2n) is 31.2. The van der Waals surface area contributed by atoms with Crippen LogP contribution < -0.4 is 0 Å². The number of ether oxygens (including phenoxy) is 4. The van der Waals surface area contributed by atoms with Gasteiger partial charge in [-0.2, -0.15) is 0 Å². The number of hydrogen-bond acceptors (Lipinski definition) is 15. The van der Waals surface area contributed by atoms with Crippen LogP contribution in [0, 0.1) is 11.8 Å². The maximum absolute atomic E-state index is 13.1. The first-order valence-electron chi connectivity index (χ1n) is 43.5. The van der Waals surface area contributed by atoms with Crippen LogP contribution in [0.1, 0.15) is 446 Å². The Kier molecular flexibility index (Phi) is 74.1. The molecule has 0 spiro atoms. The van der Waals surface area contributed by atoms with Crippen LogP contribution in [0.3, 0.4) is 0 Å². The van der Waals surface area contributed by atoms with E-state index >= 15 is 0 Å². The Morgan fingerprint density at radius 2 is 0.447 bits per heavy atom. The highest BCUT2D eigenvalue weighted by molar-refractivity contribution is 7.47. The zero-order chi connectivity index (χ0) is 75.6. The number of aliphatic hydroxyl groups is 1.